The number of hydrogen-bond donors (Lipinski definition) is 1. The second-order valence-corrected chi connectivity index (χ2v) is 7.01. The molecule has 1 amide bonds. The molecule has 0 aliphatic heterocycles. The number of carbonyl (C=O) groups is 1. The molecule has 4 aromatic rings. The van der Waals surface area contributed by atoms with Gasteiger partial charge in [0.2, 0.25) is 0 Å². The fourth-order valence-corrected chi connectivity index (χ4v) is 3.00. The van der Waals surface area contributed by atoms with E-state index in [-0.39, 0.29) is 5.91 Å². The highest BCUT2D eigenvalue weighted by molar-refractivity contribution is 6.04. The largest absolute Gasteiger partial charge is 0.489 e. The molecule has 0 bridgehead atoms. The van der Waals surface area contributed by atoms with Crippen LogP contribution in [0.2, 0.25) is 0 Å². The summed E-state index contributed by atoms with van der Waals surface area (Å²) in [4.78, 5) is 12.5. The Morgan fingerprint density at radius 2 is 1.52 bits per heavy atom. The molecule has 31 heavy (non-hydrogen) atoms. The second kappa shape index (κ2) is 9.17. The predicted octanol–water partition coefficient (Wildman–Crippen LogP) is 5.92. The van der Waals surface area contributed by atoms with Crippen LogP contribution < -0.4 is 14.8 Å². The molecule has 0 aliphatic rings. The molecule has 1 aromatic heterocycles. The SMILES string of the molecule is Cc1noc(C)c1COc1ccc(C(=O)Nc2ccc(Oc3ccccc3)cc2)cc1. The van der Waals surface area contributed by atoms with Gasteiger partial charge in [-0.15, -0.1) is 0 Å². The normalized spacial score (nSPS) is 10.5. The van der Waals surface area contributed by atoms with E-state index in [1.165, 1.54) is 0 Å². The van der Waals surface area contributed by atoms with E-state index in [1.807, 2.05) is 56.3 Å². The minimum atomic E-state index is -0.200. The summed E-state index contributed by atoms with van der Waals surface area (Å²) >= 11 is 0. The van der Waals surface area contributed by atoms with Crippen molar-refractivity contribution in [3.8, 4) is 17.2 Å². The number of rotatable bonds is 7. The smallest absolute Gasteiger partial charge is 0.255 e. The van der Waals surface area contributed by atoms with Gasteiger partial charge in [-0.25, -0.2) is 0 Å². The number of aromatic nitrogens is 1. The van der Waals surface area contributed by atoms with Gasteiger partial charge in [0.25, 0.3) is 5.91 Å². The van der Waals surface area contributed by atoms with E-state index in [4.69, 9.17) is 14.0 Å². The number of benzene rings is 3. The van der Waals surface area contributed by atoms with Gasteiger partial charge in [0.1, 0.15) is 29.6 Å². The Morgan fingerprint density at radius 1 is 0.871 bits per heavy atom. The standard InChI is InChI=1S/C25H22N2O4/c1-17-24(18(2)31-27-17)16-29-21-12-8-19(9-13-21)25(28)26-20-10-14-23(15-11-20)30-22-6-4-3-5-7-22/h3-15H,16H2,1-2H3,(H,26,28). The Balaban J connectivity index is 1.33. The van der Waals surface area contributed by atoms with Crippen molar-refractivity contribution in [3.05, 3.63) is 101 Å². The van der Waals surface area contributed by atoms with Crippen LogP contribution in [-0.4, -0.2) is 11.1 Å². The molecular weight excluding hydrogens is 392 g/mol. The Bertz CT molecular complexity index is 1130. The van der Waals surface area contributed by atoms with E-state index in [2.05, 4.69) is 10.5 Å². The molecule has 0 atom stereocenters. The summed E-state index contributed by atoms with van der Waals surface area (Å²) < 4.78 is 16.7. The number of anilines is 1. The van der Waals surface area contributed by atoms with E-state index in [0.29, 0.717) is 29.4 Å². The van der Waals surface area contributed by atoms with Crippen molar-refractivity contribution in [1.29, 1.82) is 0 Å². The molecule has 0 saturated carbocycles. The van der Waals surface area contributed by atoms with Crippen molar-refractivity contribution in [2.75, 3.05) is 5.32 Å². The molecule has 0 spiro atoms. The van der Waals surface area contributed by atoms with E-state index < -0.39 is 0 Å². The Hall–Kier alpha value is -4.06. The molecule has 6 heteroatoms. The zero-order valence-corrected chi connectivity index (χ0v) is 17.3. The zero-order valence-electron chi connectivity index (χ0n) is 17.3. The van der Waals surface area contributed by atoms with Gasteiger partial charge >= 0.3 is 0 Å². The van der Waals surface area contributed by atoms with Crippen molar-refractivity contribution in [3.63, 3.8) is 0 Å². The molecule has 0 unspecified atom stereocenters. The van der Waals surface area contributed by atoms with Crippen LogP contribution in [0.3, 0.4) is 0 Å². The van der Waals surface area contributed by atoms with Crippen LogP contribution >= 0.6 is 0 Å². The van der Waals surface area contributed by atoms with Crippen molar-refractivity contribution in [2.24, 2.45) is 0 Å². The van der Waals surface area contributed by atoms with Crippen molar-refractivity contribution >= 4 is 11.6 Å². The van der Waals surface area contributed by atoms with Crippen LogP contribution in [0.1, 0.15) is 27.4 Å². The zero-order chi connectivity index (χ0) is 21.6. The number of nitrogens with zero attached hydrogens (tertiary/aromatic N) is 1. The number of aryl methyl sites for hydroxylation is 2. The van der Waals surface area contributed by atoms with Crippen molar-refractivity contribution in [1.82, 2.24) is 5.16 Å². The number of hydrogen-bond acceptors (Lipinski definition) is 5. The van der Waals surface area contributed by atoms with Crippen molar-refractivity contribution in [2.45, 2.75) is 20.5 Å². The number of para-hydroxylation sites is 1. The molecular formula is C25H22N2O4. The van der Waals surface area contributed by atoms with Gasteiger partial charge in [0.15, 0.2) is 0 Å². The third-order valence-electron chi connectivity index (χ3n) is 4.77. The number of amides is 1. The number of nitrogens with one attached hydrogen (secondary N) is 1. The van der Waals surface area contributed by atoms with Crippen molar-refractivity contribution < 1.29 is 18.8 Å². The number of ether oxygens (including phenoxy) is 2. The second-order valence-electron chi connectivity index (χ2n) is 7.01. The average molecular weight is 414 g/mol. The van der Waals surface area contributed by atoms with Gasteiger partial charge in [0, 0.05) is 11.3 Å². The molecule has 1 N–H and O–H groups in total. The first-order valence-corrected chi connectivity index (χ1v) is 9.87. The van der Waals surface area contributed by atoms with Gasteiger partial charge in [0.05, 0.1) is 11.3 Å². The molecule has 1 heterocycles. The topological polar surface area (TPSA) is 73.6 Å². The van der Waals surface area contributed by atoms with Crippen LogP contribution in [0.25, 0.3) is 0 Å². The lowest BCUT2D eigenvalue weighted by molar-refractivity contribution is 0.102. The Kier molecular flexibility index (Phi) is 5.98. The molecule has 156 valence electrons. The minimum absolute atomic E-state index is 0.200. The molecule has 0 saturated heterocycles. The molecule has 0 fully saturated rings. The van der Waals surface area contributed by atoms with Crippen LogP contribution in [0, 0.1) is 13.8 Å². The first kappa shape index (κ1) is 20.2. The van der Waals surface area contributed by atoms with Crippen LogP contribution in [0.15, 0.2) is 83.4 Å². The summed E-state index contributed by atoms with van der Waals surface area (Å²) in [5.74, 6) is 2.67. The molecule has 0 aliphatic carbocycles. The monoisotopic (exact) mass is 414 g/mol. The predicted molar refractivity (Wildman–Crippen MR) is 118 cm³/mol. The summed E-state index contributed by atoms with van der Waals surface area (Å²) in [6, 6.07) is 23.8. The maximum absolute atomic E-state index is 12.5. The Morgan fingerprint density at radius 3 is 2.16 bits per heavy atom. The van der Waals surface area contributed by atoms with Gasteiger partial charge in [-0.3, -0.25) is 4.79 Å². The lowest BCUT2D eigenvalue weighted by Crippen LogP contribution is -2.11. The van der Waals surface area contributed by atoms with E-state index in [9.17, 15) is 4.79 Å². The third kappa shape index (κ3) is 5.11. The van der Waals surface area contributed by atoms with Crippen LogP contribution in [0.5, 0.6) is 17.2 Å². The number of carbonyl (C=O) groups excluding carboxylic acids is 1. The summed E-state index contributed by atoms with van der Waals surface area (Å²) in [6.45, 7) is 4.10. The quantitative estimate of drug-likeness (QED) is 0.407. The maximum atomic E-state index is 12.5. The third-order valence-corrected chi connectivity index (χ3v) is 4.77. The fraction of sp³-hybridized carbons (Fsp3) is 0.120. The highest BCUT2D eigenvalue weighted by Gasteiger charge is 2.10. The lowest BCUT2D eigenvalue weighted by atomic mass is 10.2. The molecule has 4 rings (SSSR count). The van der Waals surface area contributed by atoms with E-state index in [0.717, 1.165) is 22.8 Å². The maximum Gasteiger partial charge on any atom is 0.255 e. The molecule has 0 radical (unpaired) electrons. The van der Waals surface area contributed by atoms with E-state index in [1.54, 1.807) is 36.4 Å². The van der Waals surface area contributed by atoms with Gasteiger partial charge in [-0.05, 0) is 74.5 Å². The Labute approximate surface area is 180 Å². The summed E-state index contributed by atoms with van der Waals surface area (Å²) in [7, 11) is 0. The minimum Gasteiger partial charge on any atom is -0.489 e. The molecule has 6 nitrogen and oxygen atoms in total. The van der Waals surface area contributed by atoms with Gasteiger partial charge < -0.3 is 19.3 Å². The molecule has 3 aromatic carbocycles. The van der Waals surface area contributed by atoms with Crippen LogP contribution in [-0.2, 0) is 6.61 Å². The van der Waals surface area contributed by atoms with Gasteiger partial charge in [-0.1, -0.05) is 23.4 Å². The van der Waals surface area contributed by atoms with E-state index >= 15 is 0 Å². The first-order chi connectivity index (χ1) is 15.1. The highest BCUT2D eigenvalue weighted by Crippen LogP contribution is 2.23. The summed E-state index contributed by atoms with van der Waals surface area (Å²) in [5.41, 5.74) is 2.97. The van der Waals surface area contributed by atoms with Crippen LogP contribution in [0.4, 0.5) is 5.69 Å². The summed E-state index contributed by atoms with van der Waals surface area (Å²) in [6.07, 6.45) is 0. The average Bonchev–Trinajstić information content (AvgIpc) is 3.12. The summed E-state index contributed by atoms with van der Waals surface area (Å²) in [5, 5.41) is 6.80. The first-order valence-electron chi connectivity index (χ1n) is 9.87. The van der Waals surface area contributed by atoms with Gasteiger partial charge in [-0.2, -0.15) is 0 Å². The highest BCUT2D eigenvalue weighted by atomic mass is 16.5. The lowest BCUT2D eigenvalue weighted by Gasteiger charge is -2.09. The fourth-order valence-electron chi connectivity index (χ4n) is 3.00.